The predicted octanol–water partition coefficient (Wildman–Crippen LogP) is 3.46. The molecule has 156 valence electrons. The van der Waals surface area contributed by atoms with Crippen LogP contribution in [0.25, 0.3) is 0 Å². The number of carbonyl (C=O) groups excluding carboxylic acids is 1. The summed E-state index contributed by atoms with van der Waals surface area (Å²) in [6, 6.07) is 8.95. The van der Waals surface area contributed by atoms with Gasteiger partial charge in [0.15, 0.2) is 0 Å². The van der Waals surface area contributed by atoms with Gasteiger partial charge >= 0.3 is 0 Å². The number of nitrogens with zero attached hydrogens (tertiary/aromatic N) is 1. The lowest BCUT2D eigenvalue weighted by Crippen LogP contribution is -2.43. The first-order valence-electron chi connectivity index (χ1n) is 9.09. The van der Waals surface area contributed by atoms with Gasteiger partial charge in [-0.2, -0.15) is 4.31 Å². The third kappa shape index (κ3) is 4.34. The van der Waals surface area contributed by atoms with E-state index in [-0.39, 0.29) is 11.4 Å². The number of rotatable bonds is 6. The van der Waals surface area contributed by atoms with Gasteiger partial charge in [0.25, 0.3) is 0 Å². The van der Waals surface area contributed by atoms with Crippen molar-refractivity contribution in [3.8, 4) is 11.5 Å². The summed E-state index contributed by atoms with van der Waals surface area (Å²) in [5.41, 5.74) is 1.07. The molecule has 0 unspecified atom stereocenters. The molecule has 9 heteroatoms. The average Bonchev–Trinajstić information content (AvgIpc) is 3.19. The van der Waals surface area contributed by atoms with Gasteiger partial charge in [-0.3, -0.25) is 4.79 Å². The Morgan fingerprint density at radius 3 is 2.59 bits per heavy atom. The smallest absolute Gasteiger partial charge is 0.244 e. The van der Waals surface area contributed by atoms with Crippen LogP contribution in [0.4, 0.5) is 5.69 Å². The Morgan fingerprint density at radius 1 is 1.17 bits per heavy atom. The predicted molar refractivity (Wildman–Crippen MR) is 111 cm³/mol. The fraction of sp³-hybridized carbons (Fsp3) is 0.350. The van der Waals surface area contributed by atoms with E-state index in [2.05, 4.69) is 5.32 Å². The Morgan fingerprint density at radius 2 is 1.93 bits per heavy atom. The summed E-state index contributed by atoms with van der Waals surface area (Å²) in [4.78, 5) is 13.0. The number of aryl methyl sites for hydroxylation is 1. The van der Waals surface area contributed by atoms with Gasteiger partial charge in [-0.05, 0) is 49.6 Å². The molecule has 29 heavy (non-hydrogen) atoms. The minimum Gasteiger partial charge on any atom is -0.497 e. The molecule has 1 aliphatic heterocycles. The summed E-state index contributed by atoms with van der Waals surface area (Å²) in [6.45, 7) is 2.00. The maximum Gasteiger partial charge on any atom is 0.244 e. The van der Waals surface area contributed by atoms with Crippen molar-refractivity contribution < 1.29 is 22.7 Å². The van der Waals surface area contributed by atoms with Gasteiger partial charge in [-0.1, -0.05) is 17.7 Å². The second kappa shape index (κ2) is 8.61. The van der Waals surface area contributed by atoms with Crippen LogP contribution in [0.15, 0.2) is 41.3 Å². The van der Waals surface area contributed by atoms with Crippen molar-refractivity contribution in [2.45, 2.75) is 30.7 Å². The van der Waals surface area contributed by atoms with Crippen LogP contribution in [0.3, 0.4) is 0 Å². The Bertz CT molecular complexity index is 1030. The Labute approximate surface area is 175 Å². The number of methoxy groups -OCH3 is 2. The number of hydrogen-bond acceptors (Lipinski definition) is 5. The van der Waals surface area contributed by atoms with Gasteiger partial charge in [0.2, 0.25) is 15.9 Å². The highest BCUT2D eigenvalue weighted by atomic mass is 35.5. The summed E-state index contributed by atoms with van der Waals surface area (Å²) in [5.74, 6) is 0.540. The molecule has 1 N–H and O–H groups in total. The number of hydrogen-bond donors (Lipinski definition) is 1. The molecule has 0 radical (unpaired) electrons. The van der Waals surface area contributed by atoms with Gasteiger partial charge in [0, 0.05) is 18.3 Å². The summed E-state index contributed by atoms with van der Waals surface area (Å²) in [7, 11) is -0.880. The number of ether oxygens (including phenoxy) is 2. The van der Waals surface area contributed by atoms with Crippen molar-refractivity contribution in [1.29, 1.82) is 0 Å². The van der Waals surface area contributed by atoms with Crippen molar-refractivity contribution >= 4 is 33.2 Å². The third-order valence-electron chi connectivity index (χ3n) is 4.91. The van der Waals surface area contributed by atoms with Gasteiger partial charge < -0.3 is 14.8 Å². The van der Waals surface area contributed by atoms with E-state index in [0.717, 1.165) is 0 Å². The highest BCUT2D eigenvalue weighted by Crippen LogP contribution is 2.31. The van der Waals surface area contributed by atoms with E-state index in [4.69, 9.17) is 21.1 Å². The highest BCUT2D eigenvalue weighted by molar-refractivity contribution is 7.89. The van der Waals surface area contributed by atoms with Gasteiger partial charge in [0.05, 0.1) is 24.1 Å². The molecule has 1 amide bonds. The van der Waals surface area contributed by atoms with Crippen molar-refractivity contribution in [1.82, 2.24) is 4.31 Å². The SMILES string of the molecule is COc1ccc(C)c(S(=O)(=O)N2CCC[C@H]2C(=O)Nc2ccc(OC)c(Cl)c2)c1. The van der Waals surface area contributed by atoms with E-state index >= 15 is 0 Å². The molecule has 0 spiro atoms. The summed E-state index contributed by atoms with van der Waals surface area (Å²) in [5, 5.41) is 3.11. The van der Waals surface area contributed by atoms with E-state index in [1.54, 1.807) is 37.3 Å². The lowest BCUT2D eigenvalue weighted by Gasteiger charge is -2.24. The van der Waals surface area contributed by atoms with Crippen LogP contribution in [0, 0.1) is 6.92 Å². The molecule has 0 aliphatic carbocycles. The Balaban J connectivity index is 1.85. The van der Waals surface area contributed by atoms with E-state index in [9.17, 15) is 13.2 Å². The molecule has 0 bridgehead atoms. The van der Waals surface area contributed by atoms with Crippen LogP contribution >= 0.6 is 11.6 Å². The van der Waals surface area contributed by atoms with Crippen LogP contribution in [0.5, 0.6) is 11.5 Å². The summed E-state index contributed by atoms with van der Waals surface area (Å²) < 4.78 is 38.1. The molecule has 0 saturated carbocycles. The summed E-state index contributed by atoms with van der Waals surface area (Å²) >= 11 is 6.11. The Hall–Kier alpha value is -2.29. The molecule has 2 aromatic carbocycles. The first kappa shape index (κ1) is 21.4. The summed E-state index contributed by atoms with van der Waals surface area (Å²) in [6.07, 6.45) is 1.04. The maximum atomic E-state index is 13.3. The normalized spacial score (nSPS) is 17.2. The topological polar surface area (TPSA) is 84.9 Å². The number of nitrogens with one attached hydrogen (secondary N) is 1. The van der Waals surface area contributed by atoms with E-state index in [1.807, 2.05) is 0 Å². The molecular weight excluding hydrogens is 416 g/mol. The highest BCUT2D eigenvalue weighted by Gasteiger charge is 2.40. The molecule has 1 fully saturated rings. The molecule has 1 atom stereocenters. The second-order valence-electron chi connectivity index (χ2n) is 6.74. The molecule has 1 heterocycles. The zero-order valence-corrected chi connectivity index (χ0v) is 18.0. The van der Waals surface area contributed by atoms with Gasteiger partial charge in [-0.25, -0.2) is 8.42 Å². The molecule has 2 aromatic rings. The number of amides is 1. The number of anilines is 1. The zero-order valence-electron chi connectivity index (χ0n) is 16.4. The van der Waals surface area contributed by atoms with Crippen molar-refractivity contribution in [2.75, 3.05) is 26.1 Å². The lowest BCUT2D eigenvalue weighted by molar-refractivity contribution is -0.119. The van der Waals surface area contributed by atoms with E-state index in [1.165, 1.54) is 24.6 Å². The maximum absolute atomic E-state index is 13.3. The van der Waals surface area contributed by atoms with Gasteiger partial charge in [0.1, 0.15) is 17.5 Å². The van der Waals surface area contributed by atoms with E-state index < -0.39 is 22.0 Å². The molecule has 1 aliphatic rings. The molecule has 0 aromatic heterocycles. The number of halogens is 1. The van der Waals surface area contributed by atoms with E-state index in [0.29, 0.717) is 40.6 Å². The number of sulfonamides is 1. The molecule has 7 nitrogen and oxygen atoms in total. The second-order valence-corrected chi connectivity index (χ2v) is 9.01. The third-order valence-corrected chi connectivity index (χ3v) is 7.25. The number of benzene rings is 2. The fourth-order valence-electron chi connectivity index (χ4n) is 3.37. The van der Waals surface area contributed by atoms with Crippen molar-refractivity contribution in [3.05, 3.63) is 47.0 Å². The minimum atomic E-state index is -3.86. The van der Waals surface area contributed by atoms with Crippen LogP contribution < -0.4 is 14.8 Å². The molecule has 1 saturated heterocycles. The molecule has 3 rings (SSSR count). The van der Waals surface area contributed by atoms with Gasteiger partial charge in [-0.15, -0.1) is 0 Å². The average molecular weight is 439 g/mol. The van der Waals surface area contributed by atoms with Crippen LogP contribution in [0.2, 0.25) is 5.02 Å². The minimum absolute atomic E-state index is 0.143. The van der Waals surface area contributed by atoms with Crippen molar-refractivity contribution in [3.63, 3.8) is 0 Å². The van der Waals surface area contributed by atoms with Crippen LogP contribution in [-0.4, -0.2) is 45.4 Å². The fourth-order valence-corrected chi connectivity index (χ4v) is 5.53. The Kier molecular flexibility index (Phi) is 6.36. The largest absolute Gasteiger partial charge is 0.497 e. The quantitative estimate of drug-likeness (QED) is 0.746. The first-order chi connectivity index (χ1) is 13.8. The zero-order chi connectivity index (χ0) is 21.2. The standard InChI is InChI=1S/C20H23ClN2O5S/c1-13-6-8-15(27-2)12-19(13)29(25,26)23-10-4-5-17(23)20(24)22-14-7-9-18(28-3)16(21)11-14/h6-9,11-12,17H,4-5,10H2,1-3H3,(H,22,24)/t17-/m0/s1. The molecular formula is C20H23ClN2O5S. The monoisotopic (exact) mass is 438 g/mol. The first-order valence-corrected chi connectivity index (χ1v) is 10.9. The lowest BCUT2D eigenvalue weighted by atomic mass is 10.2. The van der Waals surface area contributed by atoms with Crippen LogP contribution in [0.1, 0.15) is 18.4 Å². The van der Waals surface area contributed by atoms with Crippen LogP contribution in [-0.2, 0) is 14.8 Å². The van der Waals surface area contributed by atoms with Crippen molar-refractivity contribution in [2.24, 2.45) is 0 Å². The number of carbonyl (C=O) groups is 1.